The van der Waals surface area contributed by atoms with E-state index >= 15 is 0 Å². The molecule has 70 valence electrons. The van der Waals surface area contributed by atoms with Crippen molar-refractivity contribution < 1.29 is 0 Å². The SMILES string of the molecule is CCCCCCCC(C)C.N. The van der Waals surface area contributed by atoms with Crippen molar-refractivity contribution >= 4 is 0 Å². The highest BCUT2D eigenvalue weighted by molar-refractivity contribution is 4.46. The second kappa shape index (κ2) is 9.96. The second-order valence-electron chi connectivity index (χ2n) is 3.60. The first-order valence-corrected chi connectivity index (χ1v) is 4.77. The lowest BCUT2D eigenvalue weighted by molar-refractivity contribution is 0.518. The Kier molecular flexibility index (Phi) is 12.3. The molecular formula is C10H25N. The van der Waals surface area contributed by atoms with Crippen LogP contribution < -0.4 is 6.15 Å². The monoisotopic (exact) mass is 159 g/mol. The van der Waals surface area contributed by atoms with Crippen LogP contribution in [0.15, 0.2) is 0 Å². The van der Waals surface area contributed by atoms with E-state index in [0.29, 0.717) is 0 Å². The van der Waals surface area contributed by atoms with Crippen molar-refractivity contribution in [2.45, 2.75) is 59.3 Å². The molecule has 1 nitrogen and oxygen atoms in total. The Hall–Kier alpha value is -0.0400. The lowest BCUT2D eigenvalue weighted by atomic mass is 10.0. The molecule has 0 heterocycles. The summed E-state index contributed by atoms with van der Waals surface area (Å²) in [6, 6.07) is 0. The van der Waals surface area contributed by atoms with E-state index < -0.39 is 0 Å². The van der Waals surface area contributed by atoms with Gasteiger partial charge in [0.2, 0.25) is 0 Å². The van der Waals surface area contributed by atoms with Crippen LogP contribution >= 0.6 is 0 Å². The van der Waals surface area contributed by atoms with E-state index in [2.05, 4.69) is 20.8 Å². The summed E-state index contributed by atoms with van der Waals surface area (Å²) < 4.78 is 0. The van der Waals surface area contributed by atoms with Gasteiger partial charge in [0.05, 0.1) is 0 Å². The van der Waals surface area contributed by atoms with Crippen molar-refractivity contribution in [2.24, 2.45) is 5.92 Å². The van der Waals surface area contributed by atoms with Gasteiger partial charge in [-0.15, -0.1) is 0 Å². The van der Waals surface area contributed by atoms with E-state index in [1.807, 2.05) is 0 Å². The molecule has 0 aromatic rings. The third-order valence-corrected chi connectivity index (χ3v) is 1.89. The van der Waals surface area contributed by atoms with Gasteiger partial charge in [0, 0.05) is 0 Å². The van der Waals surface area contributed by atoms with Crippen LogP contribution in [0.1, 0.15) is 59.3 Å². The summed E-state index contributed by atoms with van der Waals surface area (Å²) in [6.07, 6.45) is 8.55. The Labute approximate surface area is 72.2 Å². The Morgan fingerprint density at radius 3 is 1.91 bits per heavy atom. The summed E-state index contributed by atoms with van der Waals surface area (Å²) in [5, 5.41) is 0. The molecule has 0 radical (unpaired) electrons. The zero-order valence-electron chi connectivity index (χ0n) is 8.53. The van der Waals surface area contributed by atoms with Gasteiger partial charge in [-0.05, 0) is 5.92 Å². The van der Waals surface area contributed by atoms with Gasteiger partial charge >= 0.3 is 0 Å². The van der Waals surface area contributed by atoms with Crippen LogP contribution in [0, 0.1) is 5.92 Å². The lowest BCUT2D eigenvalue weighted by Gasteiger charge is -2.02. The predicted molar refractivity (Wildman–Crippen MR) is 53.2 cm³/mol. The Bertz CT molecular complexity index is 59.9. The molecule has 0 amide bonds. The molecule has 3 N–H and O–H groups in total. The summed E-state index contributed by atoms with van der Waals surface area (Å²) in [5.74, 6) is 0.904. The normalized spacial score (nSPS) is 9.82. The lowest BCUT2D eigenvalue weighted by Crippen LogP contribution is -1.86. The standard InChI is InChI=1S/C10H22.H3N/c1-4-5-6-7-8-9-10(2)3;/h10H,4-9H2,1-3H3;1H3. The highest BCUT2D eigenvalue weighted by atomic mass is 14.0. The highest BCUT2D eigenvalue weighted by Crippen LogP contribution is 2.09. The summed E-state index contributed by atoms with van der Waals surface area (Å²) in [4.78, 5) is 0. The smallest absolute Gasteiger partial charge is 0.0471 e. The molecule has 0 fully saturated rings. The van der Waals surface area contributed by atoms with Crippen molar-refractivity contribution in [3.63, 3.8) is 0 Å². The summed E-state index contributed by atoms with van der Waals surface area (Å²) in [5.41, 5.74) is 0. The average Bonchev–Trinajstić information content (AvgIpc) is 1.87. The van der Waals surface area contributed by atoms with Gasteiger partial charge in [-0.1, -0.05) is 59.3 Å². The molecule has 0 spiro atoms. The topological polar surface area (TPSA) is 35.0 Å². The molecule has 0 aromatic heterocycles. The minimum atomic E-state index is 0. The van der Waals surface area contributed by atoms with Crippen LogP contribution in [0.3, 0.4) is 0 Å². The van der Waals surface area contributed by atoms with Crippen LogP contribution in [0.5, 0.6) is 0 Å². The zero-order chi connectivity index (χ0) is 7.82. The van der Waals surface area contributed by atoms with E-state index in [4.69, 9.17) is 0 Å². The van der Waals surface area contributed by atoms with Crippen LogP contribution in [0.4, 0.5) is 0 Å². The molecular weight excluding hydrogens is 134 g/mol. The third kappa shape index (κ3) is 13.0. The highest BCUT2D eigenvalue weighted by Gasteiger charge is 1.92. The van der Waals surface area contributed by atoms with Gasteiger partial charge in [-0.3, -0.25) is 0 Å². The summed E-state index contributed by atoms with van der Waals surface area (Å²) >= 11 is 0. The van der Waals surface area contributed by atoms with E-state index in [9.17, 15) is 0 Å². The first kappa shape index (κ1) is 13.5. The van der Waals surface area contributed by atoms with E-state index in [0.717, 1.165) is 5.92 Å². The first-order valence-electron chi connectivity index (χ1n) is 4.77. The zero-order valence-corrected chi connectivity index (χ0v) is 8.53. The maximum atomic E-state index is 2.31. The van der Waals surface area contributed by atoms with E-state index in [1.54, 1.807) is 0 Å². The molecule has 0 aliphatic carbocycles. The molecule has 0 rings (SSSR count). The van der Waals surface area contributed by atoms with Gasteiger partial charge < -0.3 is 6.15 Å². The van der Waals surface area contributed by atoms with Crippen LogP contribution in [0.2, 0.25) is 0 Å². The van der Waals surface area contributed by atoms with Gasteiger partial charge in [-0.25, -0.2) is 0 Å². The second-order valence-corrected chi connectivity index (χ2v) is 3.60. The minimum absolute atomic E-state index is 0. The maximum absolute atomic E-state index is 2.31. The maximum Gasteiger partial charge on any atom is -0.0471 e. The fourth-order valence-corrected chi connectivity index (χ4v) is 1.16. The molecule has 0 atom stereocenters. The van der Waals surface area contributed by atoms with Gasteiger partial charge in [0.1, 0.15) is 0 Å². The minimum Gasteiger partial charge on any atom is -0.344 e. The Balaban J connectivity index is 0. The quantitative estimate of drug-likeness (QED) is 0.580. The molecule has 0 bridgehead atoms. The molecule has 0 saturated heterocycles. The molecule has 1 heteroatoms. The van der Waals surface area contributed by atoms with E-state index in [1.165, 1.54) is 38.5 Å². The molecule has 0 aromatic carbocycles. The van der Waals surface area contributed by atoms with Crippen molar-refractivity contribution in [2.75, 3.05) is 0 Å². The van der Waals surface area contributed by atoms with Gasteiger partial charge in [0.25, 0.3) is 0 Å². The molecule has 0 aliphatic heterocycles. The largest absolute Gasteiger partial charge is 0.344 e. The Morgan fingerprint density at radius 1 is 0.909 bits per heavy atom. The molecule has 0 saturated carbocycles. The van der Waals surface area contributed by atoms with Crippen molar-refractivity contribution in [1.29, 1.82) is 0 Å². The van der Waals surface area contributed by atoms with Crippen LogP contribution in [-0.2, 0) is 0 Å². The van der Waals surface area contributed by atoms with Crippen molar-refractivity contribution in [3.8, 4) is 0 Å². The Morgan fingerprint density at radius 2 is 1.45 bits per heavy atom. The number of unbranched alkanes of at least 4 members (excludes halogenated alkanes) is 4. The fourth-order valence-electron chi connectivity index (χ4n) is 1.16. The molecule has 0 aliphatic rings. The number of hydrogen-bond acceptors (Lipinski definition) is 1. The van der Waals surface area contributed by atoms with Crippen LogP contribution in [0.25, 0.3) is 0 Å². The first-order chi connectivity index (χ1) is 4.77. The van der Waals surface area contributed by atoms with Crippen molar-refractivity contribution in [1.82, 2.24) is 6.15 Å². The third-order valence-electron chi connectivity index (χ3n) is 1.89. The summed E-state index contributed by atoms with van der Waals surface area (Å²) in [6.45, 7) is 6.88. The summed E-state index contributed by atoms with van der Waals surface area (Å²) in [7, 11) is 0. The fraction of sp³-hybridized carbons (Fsp3) is 1.00. The van der Waals surface area contributed by atoms with Gasteiger partial charge in [-0.2, -0.15) is 0 Å². The predicted octanol–water partition coefficient (Wildman–Crippen LogP) is 4.16. The van der Waals surface area contributed by atoms with Gasteiger partial charge in [0.15, 0.2) is 0 Å². The molecule has 11 heavy (non-hydrogen) atoms. The van der Waals surface area contributed by atoms with Crippen LogP contribution in [-0.4, -0.2) is 0 Å². The average molecular weight is 159 g/mol. The van der Waals surface area contributed by atoms with E-state index in [-0.39, 0.29) is 6.15 Å². The number of hydrogen-bond donors (Lipinski definition) is 1. The number of rotatable bonds is 6. The molecule has 0 unspecified atom stereocenters. The van der Waals surface area contributed by atoms with Crippen molar-refractivity contribution in [3.05, 3.63) is 0 Å².